The summed E-state index contributed by atoms with van der Waals surface area (Å²) in [6, 6.07) is 6.23. The zero-order chi connectivity index (χ0) is 26.0. The van der Waals surface area contributed by atoms with Gasteiger partial charge in [0.15, 0.2) is 0 Å². The SMILES string of the molecule is CN(c1ncccc1CNc1nc(Nc2ccc(F)c(C(N)=O)c2)ncc1C(F)(F)F)S(C)(=O)=O. The number of nitrogens with two attached hydrogens (primary N) is 1. The molecule has 0 aliphatic carbocycles. The number of hydrogen-bond acceptors (Lipinski definition) is 8. The molecule has 0 unspecified atom stereocenters. The number of benzene rings is 1. The van der Waals surface area contributed by atoms with Crippen molar-refractivity contribution in [3.8, 4) is 0 Å². The highest BCUT2D eigenvalue weighted by atomic mass is 32.2. The van der Waals surface area contributed by atoms with Crippen molar-refractivity contribution < 1.29 is 30.8 Å². The number of carbonyl (C=O) groups is 1. The van der Waals surface area contributed by atoms with E-state index in [1.807, 2.05) is 0 Å². The highest BCUT2D eigenvalue weighted by Crippen LogP contribution is 2.34. The fraction of sp³-hybridized carbons (Fsp3) is 0.200. The number of primary amides is 1. The Kier molecular flexibility index (Phi) is 7.09. The molecular formula is C20H19F4N7O3S. The number of rotatable bonds is 8. The molecule has 1 amide bonds. The van der Waals surface area contributed by atoms with E-state index >= 15 is 0 Å². The number of pyridine rings is 1. The van der Waals surface area contributed by atoms with Crippen LogP contribution in [0.5, 0.6) is 0 Å². The van der Waals surface area contributed by atoms with Gasteiger partial charge in [0.2, 0.25) is 16.0 Å². The molecule has 2 aromatic heterocycles. The van der Waals surface area contributed by atoms with Crippen LogP contribution in [0.25, 0.3) is 0 Å². The van der Waals surface area contributed by atoms with Crippen molar-refractivity contribution in [3.63, 3.8) is 0 Å². The first-order chi connectivity index (χ1) is 16.3. The largest absolute Gasteiger partial charge is 0.421 e. The Morgan fingerprint density at radius 2 is 1.91 bits per heavy atom. The van der Waals surface area contributed by atoms with Gasteiger partial charge in [-0.3, -0.25) is 9.10 Å². The van der Waals surface area contributed by atoms with E-state index in [1.165, 1.54) is 31.4 Å². The second-order valence-electron chi connectivity index (χ2n) is 7.21. The number of nitrogens with zero attached hydrogens (tertiary/aromatic N) is 4. The first-order valence-corrected chi connectivity index (χ1v) is 11.5. The van der Waals surface area contributed by atoms with Crippen molar-refractivity contribution in [2.45, 2.75) is 12.7 Å². The van der Waals surface area contributed by atoms with E-state index in [9.17, 15) is 30.8 Å². The van der Waals surface area contributed by atoms with Crippen molar-refractivity contribution in [3.05, 3.63) is 65.2 Å². The molecule has 0 bridgehead atoms. The number of nitrogens with one attached hydrogen (secondary N) is 2. The first-order valence-electron chi connectivity index (χ1n) is 9.69. The fourth-order valence-corrected chi connectivity index (χ4v) is 3.37. The minimum absolute atomic E-state index is 0.0220. The van der Waals surface area contributed by atoms with Crippen LogP contribution in [0.3, 0.4) is 0 Å². The van der Waals surface area contributed by atoms with Crippen LogP contribution in [-0.4, -0.2) is 42.6 Å². The van der Waals surface area contributed by atoms with Crippen LogP contribution in [-0.2, 0) is 22.7 Å². The Morgan fingerprint density at radius 3 is 2.54 bits per heavy atom. The van der Waals surface area contributed by atoms with Gasteiger partial charge in [-0.2, -0.15) is 18.2 Å². The molecule has 0 aliphatic heterocycles. The molecule has 0 radical (unpaired) electrons. The van der Waals surface area contributed by atoms with E-state index in [2.05, 4.69) is 25.6 Å². The van der Waals surface area contributed by atoms with E-state index in [0.29, 0.717) is 6.20 Å². The van der Waals surface area contributed by atoms with Gasteiger partial charge >= 0.3 is 6.18 Å². The molecular weight excluding hydrogens is 494 g/mol. The average Bonchev–Trinajstić information content (AvgIpc) is 2.77. The Bertz CT molecular complexity index is 1370. The summed E-state index contributed by atoms with van der Waals surface area (Å²) < 4.78 is 79.0. The van der Waals surface area contributed by atoms with Crippen LogP contribution in [0.15, 0.2) is 42.7 Å². The van der Waals surface area contributed by atoms with Gasteiger partial charge in [-0.1, -0.05) is 6.07 Å². The molecule has 0 fully saturated rings. The van der Waals surface area contributed by atoms with Crippen molar-refractivity contribution in [2.75, 3.05) is 28.2 Å². The Labute approximate surface area is 197 Å². The fourth-order valence-electron chi connectivity index (χ4n) is 2.89. The van der Waals surface area contributed by atoms with E-state index < -0.39 is 44.9 Å². The summed E-state index contributed by atoms with van der Waals surface area (Å²) >= 11 is 0. The van der Waals surface area contributed by atoms with Crippen molar-refractivity contribution >= 4 is 39.2 Å². The van der Waals surface area contributed by atoms with Gasteiger partial charge < -0.3 is 16.4 Å². The predicted octanol–water partition coefficient (Wildman–Crippen LogP) is 2.88. The molecule has 35 heavy (non-hydrogen) atoms. The molecule has 186 valence electrons. The number of sulfonamides is 1. The maximum absolute atomic E-state index is 13.7. The predicted molar refractivity (Wildman–Crippen MR) is 120 cm³/mol. The maximum Gasteiger partial charge on any atom is 0.421 e. The van der Waals surface area contributed by atoms with Crippen molar-refractivity contribution in [1.29, 1.82) is 0 Å². The monoisotopic (exact) mass is 513 g/mol. The molecule has 0 saturated heterocycles. The second-order valence-corrected chi connectivity index (χ2v) is 9.22. The molecule has 0 spiro atoms. The minimum Gasteiger partial charge on any atom is -0.366 e. The van der Waals surface area contributed by atoms with Crippen LogP contribution < -0.4 is 20.7 Å². The zero-order valence-electron chi connectivity index (χ0n) is 18.3. The molecule has 1 aromatic carbocycles. The summed E-state index contributed by atoms with van der Waals surface area (Å²) in [6.45, 7) is -0.259. The van der Waals surface area contributed by atoms with Gasteiger partial charge in [-0.15, -0.1) is 0 Å². The normalized spacial score (nSPS) is 11.7. The van der Waals surface area contributed by atoms with Gasteiger partial charge in [0, 0.05) is 37.2 Å². The average molecular weight is 513 g/mol. The standard InChI is InChI=1S/C20H19F4N7O3S/c1-31(35(2,33)34)18-11(4-3-7-26-18)9-27-17-14(20(22,23)24)10-28-19(30-17)29-12-5-6-15(21)13(8-12)16(25)32/h3-8,10H,9H2,1-2H3,(H2,25,32)(H2,27,28,29,30). The molecule has 15 heteroatoms. The summed E-state index contributed by atoms with van der Waals surface area (Å²) in [7, 11) is -2.42. The molecule has 2 heterocycles. The lowest BCUT2D eigenvalue weighted by Crippen LogP contribution is -2.27. The maximum atomic E-state index is 13.7. The van der Waals surface area contributed by atoms with Crippen molar-refractivity contribution in [1.82, 2.24) is 15.0 Å². The highest BCUT2D eigenvalue weighted by molar-refractivity contribution is 7.92. The van der Waals surface area contributed by atoms with E-state index in [4.69, 9.17) is 5.73 Å². The summed E-state index contributed by atoms with van der Waals surface area (Å²) in [5, 5.41) is 5.13. The van der Waals surface area contributed by atoms with E-state index in [-0.39, 0.29) is 29.6 Å². The highest BCUT2D eigenvalue weighted by Gasteiger charge is 2.35. The molecule has 4 N–H and O–H groups in total. The summed E-state index contributed by atoms with van der Waals surface area (Å²) in [5.41, 5.74) is 3.88. The van der Waals surface area contributed by atoms with E-state index in [0.717, 1.165) is 22.7 Å². The third-order valence-corrected chi connectivity index (χ3v) is 5.86. The van der Waals surface area contributed by atoms with Crippen LogP contribution in [0, 0.1) is 5.82 Å². The van der Waals surface area contributed by atoms with Gasteiger partial charge in [-0.25, -0.2) is 22.8 Å². The number of alkyl halides is 3. The summed E-state index contributed by atoms with van der Waals surface area (Å²) in [5.74, 6) is -2.78. The van der Waals surface area contributed by atoms with Crippen molar-refractivity contribution in [2.24, 2.45) is 5.73 Å². The number of hydrogen-bond donors (Lipinski definition) is 3. The molecule has 10 nitrogen and oxygen atoms in total. The number of amides is 1. The lowest BCUT2D eigenvalue weighted by Gasteiger charge is -2.20. The molecule has 0 aliphatic rings. The third kappa shape index (κ3) is 6.11. The van der Waals surface area contributed by atoms with Gasteiger partial charge in [0.25, 0.3) is 5.91 Å². The number of aromatic nitrogens is 3. The Hall–Kier alpha value is -4.01. The number of anilines is 4. The quantitative estimate of drug-likeness (QED) is 0.390. The Morgan fingerprint density at radius 1 is 1.20 bits per heavy atom. The van der Waals surface area contributed by atoms with E-state index in [1.54, 1.807) is 0 Å². The number of carbonyl (C=O) groups excluding carboxylic acids is 1. The van der Waals surface area contributed by atoms with Crippen LogP contribution in [0.1, 0.15) is 21.5 Å². The van der Waals surface area contributed by atoms with Crippen LogP contribution in [0.2, 0.25) is 0 Å². The molecule has 0 saturated carbocycles. The second kappa shape index (κ2) is 9.69. The third-order valence-electron chi connectivity index (χ3n) is 4.69. The lowest BCUT2D eigenvalue weighted by atomic mass is 10.2. The molecule has 3 rings (SSSR count). The number of halogens is 4. The van der Waals surface area contributed by atoms with Gasteiger partial charge in [0.05, 0.1) is 11.8 Å². The minimum atomic E-state index is -4.81. The smallest absolute Gasteiger partial charge is 0.366 e. The lowest BCUT2D eigenvalue weighted by molar-refractivity contribution is -0.137. The zero-order valence-corrected chi connectivity index (χ0v) is 19.1. The van der Waals surface area contributed by atoms with Crippen LogP contribution in [0.4, 0.5) is 40.8 Å². The Balaban J connectivity index is 1.93. The van der Waals surface area contributed by atoms with Gasteiger partial charge in [0.1, 0.15) is 23.0 Å². The van der Waals surface area contributed by atoms with Gasteiger partial charge in [-0.05, 0) is 24.3 Å². The topological polar surface area (TPSA) is 143 Å². The van der Waals surface area contributed by atoms with Crippen LogP contribution >= 0.6 is 0 Å². The molecule has 3 aromatic rings. The summed E-state index contributed by atoms with van der Waals surface area (Å²) in [6.07, 6.45) is -1.96. The first kappa shape index (κ1) is 25.6. The molecule has 0 atom stereocenters. The summed E-state index contributed by atoms with van der Waals surface area (Å²) in [4.78, 5) is 22.8.